The van der Waals surface area contributed by atoms with E-state index in [4.69, 9.17) is 0 Å². The third kappa shape index (κ3) is 1.04. The number of halogens is 1. The van der Waals surface area contributed by atoms with E-state index < -0.39 is 12.0 Å². The number of hydrogen-bond donors (Lipinski definition) is 0. The number of rotatable bonds is 0. The van der Waals surface area contributed by atoms with Crippen molar-refractivity contribution in [3.05, 3.63) is 0 Å². The Morgan fingerprint density at radius 2 is 2.50 bits per heavy atom. The van der Waals surface area contributed by atoms with Gasteiger partial charge in [0.15, 0.2) is 12.0 Å². The van der Waals surface area contributed by atoms with E-state index in [9.17, 15) is 9.18 Å². The molecule has 1 unspecified atom stereocenters. The molecule has 1 rings (SSSR count). The average Bonchev–Trinajstić information content (AvgIpc) is 1.77. The summed E-state index contributed by atoms with van der Waals surface area (Å²) in [5.74, 6) is -0.420. The van der Waals surface area contributed by atoms with Crippen molar-refractivity contribution in [1.29, 1.82) is 0 Å². The highest BCUT2D eigenvalue weighted by Gasteiger charge is 2.20. The summed E-state index contributed by atoms with van der Waals surface area (Å²) in [5, 5.41) is 0. The molecule has 0 radical (unpaired) electrons. The van der Waals surface area contributed by atoms with E-state index in [1.54, 1.807) is 0 Å². The number of Topliss-reactive ketones (excluding diaryl/α,β-unsaturated/α-hetero) is 1. The molecule has 1 aliphatic heterocycles. The van der Waals surface area contributed by atoms with Gasteiger partial charge in [-0.25, -0.2) is 4.39 Å². The Kier molecular flexibility index (Phi) is 1.58. The van der Waals surface area contributed by atoms with Crippen LogP contribution in [-0.4, -0.2) is 25.2 Å². The Morgan fingerprint density at radius 1 is 1.75 bits per heavy atom. The molecule has 0 N–H and O–H groups in total. The van der Waals surface area contributed by atoms with Crippen LogP contribution in [0.25, 0.3) is 0 Å². The van der Waals surface area contributed by atoms with E-state index in [2.05, 4.69) is 4.74 Å². The maximum absolute atomic E-state index is 12.1. The van der Waals surface area contributed by atoms with Gasteiger partial charge < -0.3 is 4.74 Å². The summed E-state index contributed by atoms with van der Waals surface area (Å²) in [5.41, 5.74) is 0. The highest BCUT2D eigenvalue weighted by Crippen LogP contribution is 2.05. The first-order valence-electron chi connectivity index (χ1n) is 2.55. The van der Waals surface area contributed by atoms with Crippen LogP contribution in [-0.2, 0) is 9.53 Å². The molecule has 0 bridgehead atoms. The minimum Gasteiger partial charge on any atom is -0.373 e. The first kappa shape index (κ1) is 5.69. The fraction of sp³-hybridized carbons (Fsp3) is 0.800. The lowest BCUT2D eigenvalue weighted by atomic mass is 10.2. The van der Waals surface area contributed by atoms with E-state index in [1.807, 2.05) is 0 Å². The molecule has 8 heavy (non-hydrogen) atoms. The molecule has 3 heteroatoms. The maximum Gasteiger partial charge on any atom is 0.192 e. The fourth-order valence-corrected chi connectivity index (χ4v) is 0.611. The molecule has 0 saturated carbocycles. The summed E-state index contributed by atoms with van der Waals surface area (Å²) in [7, 11) is 0. The van der Waals surface area contributed by atoms with Gasteiger partial charge in [-0.05, 0) is 0 Å². The Bertz CT molecular complexity index is 103. The molecular formula is C5H7FO2. The number of carbonyl (C=O) groups is 1. The number of ether oxygens (including phenoxy) is 1. The summed E-state index contributed by atoms with van der Waals surface area (Å²) < 4.78 is 16.8. The van der Waals surface area contributed by atoms with Crippen molar-refractivity contribution in [2.24, 2.45) is 0 Å². The van der Waals surface area contributed by atoms with E-state index >= 15 is 0 Å². The molecule has 1 heterocycles. The fourth-order valence-electron chi connectivity index (χ4n) is 0.611. The van der Waals surface area contributed by atoms with Crippen LogP contribution in [0.1, 0.15) is 6.42 Å². The summed E-state index contributed by atoms with van der Waals surface area (Å²) in [6.07, 6.45) is -1.03. The van der Waals surface area contributed by atoms with Gasteiger partial charge in [0.2, 0.25) is 0 Å². The van der Waals surface area contributed by atoms with Crippen LogP contribution in [0, 0.1) is 0 Å². The predicted octanol–water partition coefficient (Wildman–Crippen LogP) is 0.314. The number of carbonyl (C=O) groups excluding carboxylic acids is 1. The standard InChI is InChI=1S/C5H7FO2/c6-4-1-2-8-3-5(4)7/h4H,1-3H2. The van der Waals surface area contributed by atoms with Gasteiger partial charge in [0.1, 0.15) is 6.61 Å². The van der Waals surface area contributed by atoms with Crippen LogP contribution in [0.2, 0.25) is 0 Å². The molecule has 1 fully saturated rings. The molecule has 0 aromatic rings. The highest BCUT2D eigenvalue weighted by atomic mass is 19.1. The number of hydrogen-bond acceptors (Lipinski definition) is 2. The molecule has 1 aliphatic rings. The normalized spacial score (nSPS) is 30.6. The third-order valence-corrected chi connectivity index (χ3v) is 1.11. The summed E-state index contributed by atoms with van der Waals surface area (Å²) >= 11 is 0. The van der Waals surface area contributed by atoms with E-state index in [0.717, 1.165) is 0 Å². The van der Waals surface area contributed by atoms with Gasteiger partial charge in [0.05, 0.1) is 6.61 Å². The first-order valence-corrected chi connectivity index (χ1v) is 2.55. The zero-order valence-corrected chi connectivity index (χ0v) is 4.39. The molecule has 0 aliphatic carbocycles. The van der Waals surface area contributed by atoms with Crippen molar-refractivity contribution in [3.8, 4) is 0 Å². The van der Waals surface area contributed by atoms with Gasteiger partial charge in [-0.1, -0.05) is 0 Å². The Labute approximate surface area is 46.6 Å². The van der Waals surface area contributed by atoms with E-state index in [-0.39, 0.29) is 13.0 Å². The monoisotopic (exact) mass is 118 g/mol. The molecule has 0 aromatic carbocycles. The summed E-state index contributed by atoms with van der Waals surface area (Å²) in [4.78, 5) is 10.3. The van der Waals surface area contributed by atoms with Gasteiger partial charge >= 0.3 is 0 Å². The molecule has 1 saturated heterocycles. The highest BCUT2D eigenvalue weighted by molar-refractivity contribution is 5.84. The summed E-state index contributed by atoms with van der Waals surface area (Å²) in [6.45, 7) is 0.341. The molecule has 0 spiro atoms. The van der Waals surface area contributed by atoms with Gasteiger partial charge in [0, 0.05) is 6.42 Å². The van der Waals surface area contributed by atoms with E-state index in [0.29, 0.717) is 6.61 Å². The molecule has 46 valence electrons. The van der Waals surface area contributed by atoms with Crippen LogP contribution in [0.5, 0.6) is 0 Å². The molecule has 0 amide bonds. The maximum atomic E-state index is 12.1. The smallest absolute Gasteiger partial charge is 0.192 e. The largest absolute Gasteiger partial charge is 0.373 e. The second-order valence-corrected chi connectivity index (χ2v) is 1.78. The van der Waals surface area contributed by atoms with Crippen LogP contribution in [0.4, 0.5) is 4.39 Å². The molecule has 2 nitrogen and oxygen atoms in total. The van der Waals surface area contributed by atoms with Crippen molar-refractivity contribution in [2.45, 2.75) is 12.6 Å². The lowest BCUT2D eigenvalue weighted by Gasteiger charge is -2.12. The lowest BCUT2D eigenvalue weighted by Crippen LogP contribution is -2.28. The molecule has 1 atom stereocenters. The van der Waals surface area contributed by atoms with Crippen molar-refractivity contribution in [1.82, 2.24) is 0 Å². The minimum atomic E-state index is -1.26. The Morgan fingerprint density at radius 3 is 2.88 bits per heavy atom. The van der Waals surface area contributed by atoms with Gasteiger partial charge in [-0.3, -0.25) is 4.79 Å². The van der Waals surface area contributed by atoms with Crippen LogP contribution in [0.3, 0.4) is 0 Å². The molecule has 0 aromatic heterocycles. The topological polar surface area (TPSA) is 26.3 Å². The van der Waals surface area contributed by atoms with Crippen LogP contribution < -0.4 is 0 Å². The van der Waals surface area contributed by atoms with Crippen molar-refractivity contribution >= 4 is 5.78 Å². The minimum absolute atomic E-state index is 0.0405. The Hall–Kier alpha value is -0.440. The van der Waals surface area contributed by atoms with Gasteiger partial charge in [-0.2, -0.15) is 0 Å². The van der Waals surface area contributed by atoms with E-state index in [1.165, 1.54) is 0 Å². The number of ketones is 1. The van der Waals surface area contributed by atoms with Gasteiger partial charge in [-0.15, -0.1) is 0 Å². The van der Waals surface area contributed by atoms with Gasteiger partial charge in [0.25, 0.3) is 0 Å². The van der Waals surface area contributed by atoms with Crippen LogP contribution >= 0.6 is 0 Å². The average molecular weight is 118 g/mol. The second kappa shape index (κ2) is 2.22. The van der Waals surface area contributed by atoms with Crippen LogP contribution in [0.15, 0.2) is 0 Å². The summed E-state index contributed by atoms with van der Waals surface area (Å²) in [6, 6.07) is 0. The van der Waals surface area contributed by atoms with Crippen molar-refractivity contribution in [3.63, 3.8) is 0 Å². The zero-order chi connectivity index (χ0) is 5.98. The molecular weight excluding hydrogens is 111 g/mol. The zero-order valence-electron chi connectivity index (χ0n) is 4.39. The first-order chi connectivity index (χ1) is 3.80. The predicted molar refractivity (Wildman–Crippen MR) is 25.3 cm³/mol. The quantitative estimate of drug-likeness (QED) is 0.457. The van der Waals surface area contributed by atoms with Crippen molar-refractivity contribution < 1.29 is 13.9 Å². The Balaban J connectivity index is 2.39. The van der Waals surface area contributed by atoms with Crippen molar-refractivity contribution in [2.75, 3.05) is 13.2 Å². The second-order valence-electron chi connectivity index (χ2n) is 1.78. The number of alkyl halides is 1. The SMILES string of the molecule is O=C1COCCC1F. The third-order valence-electron chi connectivity index (χ3n) is 1.11. The lowest BCUT2D eigenvalue weighted by molar-refractivity contribution is -0.133.